The third-order valence-electron chi connectivity index (χ3n) is 8.76. The molecule has 0 bridgehead atoms. The maximum atomic E-state index is 12.8. The molecule has 4 rings (SSSR count). The summed E-state index contributed by atoms with van der Waals surface area (Å²) in [6.07, 6.45) is 0. The molecule has 8 nitrogen and oxygen atoms in total. The molecule has 0 fully saturated rings. The maximum absolute atomic E-state index is 12.8. The third kappa shape index (κ3) is 9.88. The number of carbonyl (C=O) groups excluding carboxylic acids is 2. The topological polar surface area (TPSA) is 101 Å². The first-order valence-corrected chi connectivity index (χ1v) is 18.1. The number of aliphatic hydroxyl groups excluding tert-OH is 1. The number of halogens is 7. The maximum Gasteiger partial charge on any atom is 0.357 e. The lowest BCUT2D eigenvalue weighted by Crippen LogP contribution is -2.49. The first-order chi connectivity index (χ1) is 23.2. The normalized spacial score (nSPS) is 18.2. The summed E-state index contributed by atoms with van der Waals surface area (Å²) in [4.78, 5) is 25.1. The van der Waals surface area contributed by atoms with Crippen LogP contribution < -0.4 is 0 Å². The second kappa shape index (κ2) is 17.2. The van der Waals surface area contributed by atoms with Gasteiger partial charge in [-0.15, -0.1) is 0 Å². The predicted octanol–water partition coefficient (Wildman–Crippen LogP) is 12.1. The Morgan fingerprint density at radius 1 is 0.647 bits per heavy atom. The van der Waals surface area contributed by atoms with Gasteiger partial charge in [0, 0.05) is 33.4 Å². The molecular weight excluding hydrogens is 849 g/mol. The number of hydrogen-bond donors (Lipinski definition) is 1. The van der Waals surface area contributed by atoms with E-state index in [1.165, 1.54) is 38.5 Å². The lowest BCUT2D eigenvalue weighted by molar-refractivity contribution is -0.165. The van der Waals surface area contributed by atoms with Crippen molar-refractivity contribution in [2.75, 3.05) is 14.2 Å². The molecule has 2 aliphatic rings. The van der Waals surface area contributed by atoms with E-state index < -0.39 is 34.0 Å². The van der Waals surface area contributed by atoms with Crippen molar-refractivity contribution in [2.45, 2.75) is 66.6 Å². The van der Waals surface area contributed by atoms with E-state index in [4.69, 9.17) is 112 Å². The van der Waals surface area contributed by atoms with Gasteiger partial charge in [-0.05, 0) is 103 Å². The van der Waals surface area contributed by atoms with Crippen LogP contribution in [0.4, 0.5) is 0 Å². The Balaban J connectivity index is 0.000000316. The highest BCUT2D eigenvalue weighted by Crippen LogP contribution is 2.51. The number of rotatable bonds is 3. The molecule has 17 heteroatoms. The van der Waals surface area contributed by atoms with Gasteiger partial charge in [0.1, 0.15) is 33.9 Å². The Hall–Kier alpha value is -1.73. The fourth-order valence-corrected chi connectivity index (χ4v) is 6.59. The summed E-state index contributed by atoms with van der Waals surface area (Å²) in [5.41, 5.74) is -2.68. The van der Waals surface area contributed by atoms with Gasteiger partial charge in [0.15, 0.2) is 0 Å². The number of cyclic esters (lactones) is 2. The molecule has 2 aromatic carbocycles. The summed E-state index contributed by atoms with van der Waals surface area (Å²) < 4.78 is 26.1. The summed E-state index contributed by atoms with van der Waals surface area (Å²) in [7, 11) is 2.80. The van der Waals surface area contributed by atoms with Gasteiger partial charge in [-0.1, -0.05) is 69.6 Å². The Morgan fingerprint density at radius 3 is 1.33 bits per heavy atom. The van der Waals surface area contributed by atoms with E-state index in [1.54, 1.807) is 41.5 Å². The summed E-state index contributed by atoms with van der Waals surface area (Å²) in [6.45, 7) is 14.3. The Labute approximate surface area is 343 Å². The Morgan fingerprint density at radius 2 is 0.980 bits per heavy atom. The molecule has 0 spiro atoms. The highest BCUT2D eigenvalue weighted by molar-refractivity contribution is 7.82. The number of carbonyl (C=O) groups is 2. The van der Waals surface area contributed by atoms with Crippen molar-refractivity contribution in [3.63, 3.8) is 0 Å². The first-order valence-electron chi connectivity index (χ1n) is 14.6. The van der Waals surface area contributed by atoms with Crippen LogP contribution in [-0.4, -0.2) is 52.2 Å². The van der Waals surface area contributed by atoms with Crippen molar-refractivity contribution in [2.24, 2.45) is 10.8 Å². The average Bonchev–Trinajstić information content (AvgIpc) is 2.97. The minimum Gasteiger partial charge on any atom is -0.511 e. The smallest absolute Gasteiger partial charge is 0.357 e. The van der Waals surface area contributed by atoms with E-state index in [0.29, 0.717) is 10.0 Å². The molecule has 280 valence electrons. The molecule has 51 heavy (non-hydrogen) atoms. The van der Waals surface area contributed by atoms with Gasteiger partial charge in [-0.2, -0.15) is 0 Å². The molecule has 2 aromatic rings. The molecule has 0 amide bonds. The molecule has 2 heterocycles. The lowest BCUT2D eigenvalue weighted by atomic mass is 9.71. The van der Waals surface area contributed by atoms with Crippen molar-refractivity contribution < 1.29 is 38.4 Å². The second-order valence-electron chi connectivity index (χ2n) is 13.0. The summed E-state index contributed by atoms with van der Waals surface area (Å²) in [6, 6.07) is 5.91. The van der Waals surface area contributed by atoms with Crippen LogP contribution in [0.1, 0.15) is 66.5 Å². The highest BCUT2D eigenvalue weighted by Gasteiger charge is 2.53. The van der Waals surface area contributed by atoms with E-state index in [0.717, 1.165) is 0 Å². The molecule has 0 atom stereocenters. The van der Waals surface area contributed by atoms with Crippen molar-refractivity contribution >= 4 is 138 Å². The zero-order valence-electron chi connectivity index (χ0n) is 29.1. The number of aliphatic hydroxyl groups is 1. The fourth-order valence-electron chi connectivity index (χ4n) is 4.50. The van der Waals surface area contributed by atoms with Crippen LogP contribution in [0, 0.1) is 10.8 Å². The third-order valence-corrected chi connectivity index (χ3v) is 11.0. The molecule has 0 aliphatic carbocycles. The van der Waals surface area contributed by atoms with Gasteiger partial charge in [0.05, 0.1) is 45.1 Å². The minimum atomic E-state index is -0.863. The standard InChI is InChI=1S/C17H17Cl3O4S.C15H15Cl3O3.C2H3ClOS/c1-16(2)13(23-15(25)22-5)12(14(21)24-17(16,3)4)11-9(19)6-8(18)7-10(11)20;1-14(2)12(19)11(13(20)21-15(14,3)4)10-8(17)5-7(16)6-9(10)18;1-4-2(3)5/h6-7H,1-5H3;5-6,19H,1-4H3;1H3. The summed E-state index contributed by atoms with van der Waals surface area (Å²) in [5, 5.41) is 11.9. The van der Waals surface area contributed by atoms with Gasteiger partial charge in [-0.25, -0.2) is 9.59 Å². The van der Waals surface area contributed by atoms with E-state index >= 15 is 0 Å². The molecular formula is C34H35Cl7O8S2. The van der Waals surface area contributed by atoms with E-state index in [9.17, 15) is 14.7 Å². The van der Waals surface area contributed by atoms with Crippen molar-refractivity contribution in [3.05, 3.63) is 77.0 Å². The molecule has 1 N–H and O–H groups in total. The predicted molar refractivity (Wildman–Crippen MR) is 213 cm³/mol. The monoisotopic (exact) mass is 880 g/mol. The number of methoxy groups -OCH3 is 2. The zero-order chi connectivity index (χ0) is 39.6. The SMILES string of the molecule is CC1(C)OC(=O)C(c2c(Cl)cc(Cl)cc2Cl)=C(O)C1(C)C.COC(=S)Cl.COC(=S)OC1=C(c2c(Cl)cc(Cl)cc2Cl)C(=O)OC(C)(C)C1(C)C. The van der Waals surface area contributed by atoms with Crippen LogP contribution in [0.5, 0.6) is 0 Å². The van der Waals surface area contributed by atoms with Gasteiger partial charge in [0.2, 0.25) is 0 Å². The quantitative estimate of drug-likeness (QED) is 0.182. The minimum absolute atomic E-state index is 0.0222. The first kappa shape index (κ1) is 45.4. The number of esters is 2. The summed E-state index contributed by atoms with van der Waals surface area (Å²) >= 11 is 51.0. The van der Waals surface area contributed by atoms with Crippen molar-refractivity contribution in [1.82, 2.24) is 0 Å². The average molecular weight is 884 g/mol. The molecule has 0 saturated heterocycles. The van der Waals surface area contributed by atoms with Gasteiger partial charge < -0.3 is 28.8 Å². The number of thiocarbonyl (C=S) groups is 2. The number of ether oxygens (including phenoxy) is 5. The van der Waals surface area contributed by atoms with Gasteiger partial charge >= 0.3 is 17.2 Å². The molecule has 0 saturated carbocycles. The van der Waals surface area contributed by atoms with Crippen molar-refractivity contribution in [1.29, 1.82) is 0 Å². The van der Waals surface area contributed by atoms with Crippen LogP contribution in [0.2, 0.25) is 30.1 Å². The van der Waals surface area contributed by atoms with E-state index in [-0.39, 0.29) is 63.6 Å². The van der Waals surface area contributed by atoms with Crippen molar-refractivity contribution in [3.8, 4) is 0 Å². The van der Waals surface area contributed by atoms with Crippen LogP contribution in [0.15, 0.2) is 35.8 Å². The van der Waals surface area contributed by atoms with E-state index in [1.807, 2.05) is 13.8 Å². The van der Waals surface area contributed by atoms with Gasteiger partial charge in [0.25, 0.3) is 4.51 Å². The molecule has 2 aliphatic heterocycles. The summed E-state index contributed by atoms with van der Waals surface area (Å²) in [5.74, 6) is -1.12. The van der Waals surface area contributed by atoms with Crippen LogP contribution in [0.25, 0.3) is 11.1 Å². The second-order valence-corrected chi connectivity index (χ2v) is 16.7. The molecule has 0 unspecified atom stereocenters. The number of hydrogen-bond acceptors (Lipinski definition) is 10. The van der Waals surface area contributed by atoms with Crippen LogP contribution in [0.3, 0.4) is 0 Å². The Bertz CT molecular complexity index is 1770. The molecule has 0 radical (unpaired) electrons. The highest BCUT2D eigenvalue weighted by atomic mass is 35.5. The zero-order valence-corrected chi connectivity index (χ0v) is 36.0. The Kier molecular flexibility index (Phi) is 15.3. The van der Waals surface area contributed by atoms with E-state index in [2.05, 4.69) is 17.0 Å². The van der Waals surface area contributed by atoms with Crippen LogP contribution >= 0.6 is 106 Å². The number of benzene rings is 2. The largest absolute Gasteiger partial charge is 0.511 e. The van der Waals surface area contributed by atoms with Crippen LogP contribution in [-0.2, 0) is 33.3 Å². The lowest BCUT2D eigenvalue weighted by Gasteiger charge is -2.45. The van der Waals surface area contributed by atoms with Gasteiger partial charge in [-0.3, -0.25) is 0 Å². The molecule has 0 aromatic heterocycles. The fraction of sp³-hybridized carbons (Fsp3) is 0.412.